The Balaban J connectivity index is 1.49. The first-order chi connectivity index (χ1) is 13.7. The molecule has 3 atom stereocenters. The Morgan fingerprint density at radius 3 is 2.79 bits per heavy atom. The molecule has 0 saturated carbocycles. The fourth-order valence-electron chi connectivity index (χ4n) is 5.59. The third kappa shape index (κ3) is 2.07. The predicted octanol–water partition coefficient (Wildman–Crippen LogP) is 3.07. The van der Waals surface area contributed by atoms with Gasteiger partial charge in [0.1, 0.15) is 0 Å². The van der Waals surface area contributed by atoms with Crippen LogP contribution < -0.4 is 10.2 Å². The molecule has 2 aromatic carbocycles. The highest BCUT2D eigenvalue weighted by Crippen LogP contribution is 2.50. The summed E-state index contributed by atoms with van der Waals surface area (Å²) in [5.41, 5.74) is 5.84. The number of aromatic amines is 1. The summed E-state index contributed by atoms with van der Waals surface area (Å²) in [6.07, 6.45) is 4.14. The van der Waals surface area contributed by atoms with Crippen molar-refractivity contribution in [2.75, 3.05) is 18.0 Å². The summed E-state index contributed by atoms with van der Waals surface area (Å²) in [5, 5.41) is 3.65. The van der Waals surface area contributed by atoms with Crippen molar-refractivity contribution < 1.29 is 9.59 Å². The number of para-hydroxylation sites is 2. The average Bonchev–Trinajstić information content (AvgIpc) is 3.37. The largest absolute Gasteiger partial charge is 0.370 e. The number of H-pyrrole nitrogens is 1. The average molecular weight is 371 g/mol. The molecule has 2 amide bonds. The van der Waals surface area contributed by atoms with Crippen LogP contribution in [-0.4, -0.2) is 29.9 Å². The minimum atomic E-state index is -0.453. The number of fused-ring (bicyclic) bond motifs is 1. The van der Waals surface area contributed by atoms with Gasteiger partial charge in [-0.1, -0.05) is 36.4 Å². The topological polar surface area (TPSA) is 65.2 Å². The molecule has 140 valence electrons. The minimum absolute atomic E-state index is 0.0400. The number of aromatic nitrogens is 1. The fraction of sp³-hybridized carbons (Fsp3) is 0.304. The molecule has 2 N–H and O–H groups in total. The first-order valence-electron chi connectivity index (χ1n) is 10.00. The molecule has 0 aliphatic carbocycles. The van der Waals surface area contributed by atoms with Gasteiger partial charge in [0.25, 0.3) is 0 Å². The van der Waals surface area contributed by atoms with Crippen molar-refractivity contribution in [2.24, 2.45) is 5.92 Å². The molecular weight excluding hydrogens is 350 g/mol. The second kappa shape index (κ2) is 5.71. The highest BCUT2D eigenvalue weighted by molar-refractivity contribution is 6.10. The number of aryl methyl sites for hydroxylation is 1. The molecule has 1 unspecified atom stereocenters. The van der Waals surface area contributed by atoms with E-state index in [0.717, 1.165) is 42.4 Å². The van der Waals surface area contributed by atoms with E-state index in [0.29, 0.717) is 0 Å². The van der Waals surface area contributed by atoms with Crippen molar-refractivity contribution in [2.45, 2.75) is 24.7 Å². The number of hydrogen-bond acceptors (Lipinski definition) is 3. The molecule has 5 nitrogen and oxygen atoms in total. The molecule has 1 saturated heterocycles. The number of amides is 2. The van der Waals surface area contributed by atoms with E-state index in [2.05, 4.69) is 33.4 Å². The molecule has 1 fully saturated rings. The number of nitrogens with zero attached hydrogens (tertiary/aromatic N) is 1. The minimum Gasteiger partial charge on any atom is -0.370 e. The second-order valence-electron chi connectivity index (χ2n) is 8.16. The van der Waals surface area contributed by atoms with Crippen molar-refractivity contribution in [3.8, 4) is 0 Å². The summed E-state index contributed by atoms with van der Waals surface area (Å²) >= 11 is 0. The van der Waals surface area contributed by atoms with Crippen LogP contribution in [-0.2, 0) is 16.0 Å². The molecule has 1 aromatic heterocycles. The van der Waals surface area contributed by atoms with Crippen LogP contribution in [0.2, 0.25) is 0 Å². The number of hydrogen-bond donors (Lipinski definition) is 2. The Morgan fingerprint density at radius 1 is 0.964 bits per heavy atom. The number of imide groups is 1. The number of benzene rings is 2. The van der Waals surface area contributed by atoms with Gasteiger partial charge in [0.2, 0.25) is 11.8 Å². The van der Waals surface area contributed by atoms with Gasteiger partial charge in [-0.3, -0.25) is 14.9 Å². The lowest BCUT2D eigenvalue weighted by Crippen LogP contribution is -2.31. The molecule has 3 aliphatic rings. The Hall–Kier alpha value is -3.08. The summed E-state index contributed by atoms with van der Waals surface area (Å²) < 4.78 is 0. The molecule has 3 aromatic rings. The van der Waals surface area contributed by atoms with E-state index in [9.17, 15) is 9.59 Å². The SMILES string of the molecule is O=C1NC(=O)[C@@H](C2CN3CCCc4cccc2c43)[C@@H]1c1c[nH]c2ccccc12. The Labute approximate surface area is 162 Å². The number of anilines is 1. The third-order valence-corrected chi connectivity index (χ3v) is 6.74. The summed E-state index contributed by atoms with van der Waals surface area (Å²) in [7, 11) is 0. The molecule has 28 heavy (non-hydrogen) atoms. The maximum atomic E-state index is 13.0. The van der Waals surface area contributed by atoms with Gasteiger partial charge in [-0.2, -0.15) is 0 Å². The van der Waals surface area contributed by atoms with Gasteiger partial charge in [0.15, 0.2) is 0 Å². The lowest BCUT2D eigenvalue weighted by atomic mass is 9.77. The molecule has 0 radical (unpaired) electrons. The normalized spacial score (nSPS) is 26.0. The fourth-order valence-corrected chi connectivity index (χ4v) is 5.59. The third-order valence-electron chi connectivity index (χ3n) is 6.74. The van der Waals surface area contributed by atoms with Crippen LogP contribution in [0, 0.1) is 5.92 Å². The van der Waals surface area contributed by atoms with E-state index in [1.165, 1.54) is 16.8 Å². The summed E-state index contributed by atoms with van der Waals surface area (Å²) in [4.78, 5) is 31.5. The molecular formula is C23H21N3O2. The van der Waals surface area contributed by atoms with Gasteiger partial charge < -0.3 is 9.88 Å². The number of rotatable bonds is 2. The van der Waals surface area contributed by atoms with Crippen LogP contribution in [0.3, 0.4) is 0 Å². The molecule has 0 bridgehead atoms. The van der Waals surface area contributed by atoms with E-state index in [1.807, 2.05) is 30.5 Å². The van der Waals surface area contributed by atoms with Crippen molar-refractivity contribution >= 4 is 28.4 Å². The van der Waals surface area contributed by atoms with Crippen molar-refractivity contribution in [1.29, 1.82) is 0 Å². The summed E-state index contributed by atoms with van der Waals surface area (Å²) in [5.74, 6) is -1.10. The quantitative estimate of drug-likeness (QED) is 0.681. The van der Waals surface area contributed by atoms with Crippen LogP contribution in [0.1, 0.15) is 34.9 Å². The maximum Gasteiger partial charge on any atom is 0.235 e. The Kier molecular flexibility index (Phi) is 3.25. The van der Waals surface area contributed by atoms with E-state index in [4.69, 9.17) is 0 Å². The number of nitrogens with one attached hydrogen (secondary N) is 2. The summed E-state index contributed by atoms with van der Waals surface area (Å²) in [6, 6.07) is 14.4. The van der Waals surface area contributed by atoms with Crippen molar-refractivity contribution in [1.82, 2.24) is 10.3 Å². The zero-order chi connectivity index (χ0) is 18.8. The van der Waals surface area contributed by atoms with Crippen LogP contribution in [0.25, 0.3) is 10.9 Å². The second-order valence-corrected chi connectivity index (χ2v) is 8.16. The first kappa shape index (κ1) is 15.9. The van der Waals surface area contributed by atoms with E-state index >= 15 is 0 Å². The van der Waals surface area contributed by atoms with Crippen LogP contribution in [0.15, 0.2) is 48.7 Å². The van der Waals surface area contributed by atoms with E-state index < -0.39 is 5.92 Å². The highest BCUT2D eigenvalue weighted by atomic mass is 16.2. The monoisotopic (exact) mass is 371 g/mol. The van der Waals surface area contributed by atoms with Crippen molar-refractivity contribution in [3.05, 3.63) is 65.4 Å². The van der Waals surface area contributed by atoms with Gasteiger partial charge in [-0.15, -0.1) is 0 Å². The Bertz CT molecular complexity index is 1130. The predicted molar refractivity (Wildman–Crippen MR) is 107 cm³/mol. The van der Waals surface area contributed by atoms with Gasteiger partial charge in [0, 0.05) is 41.8 Å². The molecule has 3 aliphatic heterocycles. The van der Waals surface area contributed by atoms with Gasteiger partial charge in [0.05, 0.1) is 11.8 Å². The zero-order valence-electron chi connectivity index (χ0n) is 15.4. The van der Waals surface area contributed by atoms with E-state index in [-0.39, 0.29) is 23.7 Å². The standard InChI is InChI=1S/C23H21N3O2/c27-22-19(16-11-24-18-9-2-1-7-14(16)18)20(23(28)25-22)17-12-26-10-4-6-13-5-3-8-15(17)21(13)26/h1-3,5,7-9,11,17,19-20,24H,4,6,10,12H2,(H,25,27,28)/t17?,19-,20-/m0/s1. The summed E-state index contributed by atoms with van der Waals surface area (Å²) in [6.45, 7) is 1.84. The van der Waals surface area contributed by atoms with Crippen LogP contribution in [0.4, 0.5) is 5.69 Å². The Morgan fingerprint density at radius 2 is 1.86 bits per heavy atom. The van der Waals surface area contributed by atoms with Crippen LogP contribution >= 0.6 is 0 Å². The molecule has 4 heterocycles. The highest BCUT2D eigenvalue weighted by Gasteiger charge is 2.51. The number of carbonyl (C=O) groups excluding carboxylic acids is 2. The number of carbonyl (C=O) groups is 2. The zero-order valence-corrected chi connectivity index (χ0v) is 15.4. The van der Waals surface area contributed by atoms with Gasteiger partial charge >= 0.3 is 0 Å². The molecule has 0 spiro atoms. The van der Waals surface area contributed by atoms with Gasteiger partial charge in [-0.25, -0.2) is 0 Å². The lowest BCUT2D eigenvalue weighted by molar-refractivity contribution is -0.126. The van der Waals surface area contributed by atoms with E-state index in [1.54, 1.807) is 0 Å². The van der Waals surface area contributed by atoms with Crippen LogP contribution in [0.5, 0.6) is 0 Å². The lowest BCUT2D eigenvalue weighted by Gasteiger charge is -2.27. The van der Waals surface area contributed by atoms with Gasteiger partial charge in [-0.05, 0) is 35.6 Å². The smallest absolute Gasteiger partial charge is 0.235 e. The molecule has 6 rings (SSSR count). The molecule has 5 heteroatoms. The maximum absolute atomic E-state index is 13.0. The van der Waals surface area contributed by atoms with Crippen molar-refractivity contribution in [3.63, 3.8) is 0 Å². The first-order valence-corrected chi connectivity index (χ1v) is 10.00.